The Balaban J connectivity index is 3.39. The molecule has 0 fully saturated rings. The van der Waals surface area contributed by atoms with Gasteiger partial charge in [0.2, 0.25) is 0 Å². The number of rotatable bonds is 4. The molecule has 0 bridgehead atoms. The fourth-order valence-electron chi connectivity index (χ4n) is 0.490. The minimum atomic E-state index is -3.47. The lowest BCUT2D eigenvalue weighted by Gasteiger charge is -2.03. The third-order valence-electron chi connectivity index (χ3n) is 1.02. The summed E-state index contributed by atoms with van der Waals surface area (Å²) in [5.74, 6) is 0.495. The lowest BCUT2D eigenvalue weighted by Crippen LogP contribution is -2.31. The van der Waals surface area contributed by atoms with E-state index in [1.54, 1.807) is 0 Å². The van der Waals surface area contributed by atoms with Crippen molar-refractivity contribution in [2.45, 2.75) is 20.3 Å². The van der Waals surface area contributed by atoms with Gasteiger partial charge < -0.3 is 0 Å². The average molecular weight is 166 g/mol. The molecule has 0 saturated carbocycles. The predicted octanol–water partition coefficient (Wildman–Crippen LogP) is -0.174. The van der Waals surface area contributed by atoms with Crippen molar-refractivity contribution >= 4 is 10.2 Å². The van der Waals surface area contributed by atoms with Crippen molar-refractivity contribution in [3.63, 3.8) is 0 Å². The van der Waals surface area contributed by atoms with Crippen LogP contribution in [0, 0.1) is 5.92 Å². The highest BCUT2D eigenvalue weighted by atomic mass is 32.2. The van der Waals surface area contributed by atoms with Gasteiger partial charge in [0.25, 0.3) is 10.2 Å². The Morgan fingerprint density at radius 2 is 2.00 bits per heavy atom. The van der Waals surface area contributed by atoms with Gasteiger partial charge >= 0.3 is 0 Å². The van der Waals surface area contributed by atoms with Crippen LogP contribution in [0.2, 0.25) is 0 Å². The van der Waals surface area contributed by atoms with Gasteiger partial charge in [-0.3, -0.25) is 0 Å². The van der Waals surface area contributed by atoms with Crippen molar-refractivity contribution < 1.29 is 8.42 Å². The lowest BCUT2D eigenvalue weighted by atomic mass is 10.1. The normalized spacial score (nSPS) is 12.4. The molecular weight excluding hydrogens is 152 g/mol. The van der Waals surface area contributed by atoms with Gasteiger partial charge in [0.15, 0.2) is 0 Å². The standard InChI is InChI=1S/C5H14N2O2S/c1-5(2)3-4-7-10(6,8)9/h5,7H,3-4H2,1-2H3,(H2,6,8,9). The summed E-state index contributed by atoms with van der Waals surface area (Å²) in [5, 5.41) is 4.68. The molecule has 0 aromatic carbocycles. The second-order valence-electron chi connectivity index (χ2n) is 2.62. The lowest BCUT2D eigenvalue weighted by molar-refractivity contribution is 0.552. The molecular formula is C5H14N2O2S. The van der Waals surface area contributed by atoms with Crippen LogP contribution in [0.25, 0.3) is 0 Å². The Morgan fingerprint density at radius 3 is 2.30 bits per heavy atom. The SMILES string of the molecule is CC(C)CCNS(N)(=O)=O. The van der Waals surface area contributed by atoms with Gasteiger partial charge in [-0.25, -0.2) is 9.86 Å². The van der Waals surface area contributed by atoms with Crippen molar-refractivity contribution in [1.82, 2.24) is 4.72 Å². The van der Waals surface area contributed by atoms with Gasteiger partial charge in [0.05, 0.1) is 0 Å². The highest BCUT2D eigenvalue weighted by Gasteiger charge is 1.99. The van der Waals surface area contributed by atoms with Crippen LogP contribution in [0.1, 0.15) is 20.3 Å². The highest BCUT2D eigenvalue weighted by Crippen LogP contribution is 1.96. The smallest absolute Gasteiger partial charge is 0.216 e. The van der Waals surface area contributed by atoms with Crippen molar-refractivity contribution in [2.24, 2.45) is 11.1 Å². The van der Waals surface area contributed by atoms with Crippen LogP contribution in [-0.2, 0) is 10.2 Å². The van der Waals surface area contributed by atoms with Gasteiger partial charge in [0, 0.05) is 6.54 Å². The van der Waals surface area contributed by atoms with Gasteiger partial charge in [-0.15, -0.1) is 0 Å². The molecule has 5 heteroatoms. The Labute approximate surface area is 62.0 Å². The van der Waals surface area contributed by atoms with Gasteiger partial charge in [0.1, 0.15) is 0 Å². The maximum Gasteiger partial charge on any atom is 0.274 e. The van der Waals surface area contributed by atoms with E-state index >= 15 is 0 Å². The zero-order valence-corrected chi connectivity index (χ0v) is 7.11. The number of nitrogens with one attached hydrogen (secondary N) is 1. The van der Waals surface area contributed by atoms with Crippen LogP contribution in [0.3, 0.4) is 0 Å². The molecule has 0 radical (unpaired) electrons. The molecule has 0 spiro atoms. The van der Waals surface area contributed by atoms with E-state index < -0.39 is 10.2 Å². The first kappa shape index (κ1) is 9.87. The van der Waals surface area contributed by atoms with Gasteiger partial charge in [-0.2, -0.15) is 8.42 Å². The molecule has 3 N–H and O–H groups in total. The van der Waals surface area contributed by atoms with Crippen molar-refractivity contribution in [2.75, 3.05) is 6.54 Å². The summed E-state index contributed by atoms with van der Waals surface area (Å²) >= 11 is 0. The molecule has 0 aromatic heterocycles. The quantitative estimate of drug-likeness (QED) is 0.608. The van der Waals surface area contributed by atoms with E-state index in [-0.39, 0.29) is 0 Å². The molecule has 0 aliphatic carbocycles. The molecule has 0 aliphatic rings. The second-order valence-corrected chi connectivity index (χ2v) is 4.00. The molecule has 4 nitrogen and oxygen atoms in total. The first-order chi connectivity index (χ1) is 4.42. The molecule has 0 rings (SSSR count). The first-order valence-corrected chi connectivity index (χ1v) is 4.74. The van der Waals surface area contributed by atoms with Crippen molar-refractivity contribution in [1.29, 1.82) is 0 Å². The van der Waals surface area contributed by atoms with E-state index in [4.69, 9.17) is 0 Å². The fraction of sp³-hybridized carbons (Fsp3) is 1.00. The molecule has 0 aromatic rings. The number of hydrogen-bond acceptors (Lipinski definition) is 2. The third-order valence-corrected chi connectivity index (χ3v) is 1.63. The molecule has 10 heavy (non-hydrogen) atoms. The maximum absolute atomic E-state index is 10.3. The van der Waals surface area contributed by atoms with E-state index in [2.05, 4.69) is 9.86 Å². The molecule has 0 atom stereocenters. The summed E-state index contributed by atoms with van der Waals surface area (Å²) in [6.45, 7) is 4.46. The van der Waals surface area contributed by atoms with E-state index in [1.165, 1.54) is 0 Å². The van der Waals surface area contributed by atoms with E-state index in [9.17, 15) is 8.42 Å². The van der Waals surface area contributed by atoms with Crippen LogP contribution >= 0.6 is 0 Å². The van der Waals surface area contributed by atoms with E-state index in [0.29, 0.717) is 12.5 Å². The van der Waals surface area contributed by atoms with Gasteiger partial charge in [-0.1, -0.05) is 13.8 Å². The minimum Gasteiger partial charge on any atom is -0.216 e. The maximum atomic E-state index is 10.3. The topological polar surface area (TPSA) is 72.2 Å². The van der Waals surface area contributed by atoms with Crippen LogP contribution < -0.4 is 9.86 Å². The molecule has 0 aliphatic heterocycles. The van der Waals surface area contributed by atoms with E-state index in [0.717, 1.165) is 6.42 Å². The predicted molar refractivity (Wildman–Crippen MR) is 40.6 cm³/mol. The Bertz CT molecular complexity index is 174. The van der Waals surface area contributed by atoms with Gasteiger partial charge in [-0.05, 0) is 12.3 Å². The number of nitrogens with two attached hydrogens (primary N) is 1. The summed E-state index contributed by atoms with van der Waals surface area (Å²) in [6, 6.07) is 0. The summed E-state index contributed by atoms with van der Waals surface area (Å²) < 4.78 is 22.8. The minimum absolute atomic E-state index is 0.427. The zero-order chi connectivity index (χ0) is 8.20. The molecule has 62 valence electrons. The van der Waals surface area contributed by atoms with Crippen LogP contribution in [0.15, 0.2) is 0 Å². The Kier molecular flexibility index (Phi) is 3.85. The van der Waals surface area contributed by atoms with Crippen LogP contribution in [-0.4, -0.2) is 15.0 Å². The number of hydrogen-bond donors (Lipinski definition) is 2. The summed E-state index contributed by atoms with van der Waals surface area (Å²) in [5.41, 5.74) is 0. The molecule has 0 amide bonds. The first-order valence-electron chi connectivity index (χ1n) is 3.19. The summed E-state index contributed by atoms with van der Waals surface area (Å²) in [7, 11) is -3.47. The largest absolute Gasteiger partial charge is 0.274 e. The summed E-state index contributed by atoms with van der Waals surface area (Å²) in [4.78, 5) is 0. The van der Waals surface area contributed by atoms with Crippen LogP contribution in [0.5, 0.6) is 0 Å². The zero-order valence-electron chi connectivity index (χ0n) is 6.29. The second kappa shape index (κ2) is 3.90. The third kappa shape index (κ3) is 7.87. The highest BCUT2D eigenvalue weighted by molar-refractivity contribution is 7.87. The monoisotopic (exact) mass is 166 g/mol. The molecule has 0 saturated heterocycles. The Morgan fingerprint density at radius 1 is 1.50 bits per heavy atom. The fourth-order valence-corrected chi connectivity index (χ4v) is 0.892. The molecule has 0 unspecified atom stereocenters. The average Bonchev–Trinajstić information content (AvgIpc) is 1.59. The van der Waals surface area contributed by atoms with E-state index in [1.807, 2.05) is 13.8 Å². The van der Waals surface area contributed by atoms with Crippen molar-refractivity contribution in [3.8, 4) is 0 Å². The van der Waals surface area contributed by atoms with Crippen LogP contribution in [0.4, 0.5) is 0 Å². The molecule has 0 heterocycles. The van der Waals surface area contributed by atoms with Crippen molar-refractivity contribution in [3.05, 3.63) is 0 Å². The summed E-state index contributed by atoms with van der Waals surface area (Å²) in [6.07, 6.45) is 0.816. The Hall–Kier alpha value is -0.130.